The molecule has 31 heavy (non-hydrogen) atoms. The van der Waals surface area contributed by atoms with Crippen LogP contribution in [0.4, 0.5) is 0 Å². The number of tetrazole rings is 1. The van der Waals surface area contributed by atoms with Gasteiger partial charge >= 0.3 is 0 Å². The summed E-state index contributed by atoms with van der Waals surface area (Å²) in [5, 5.41) is 12.8. The number of hydrogen-bond donors (Lipinski definition) is 0. The molecule has 1 atom stereocenters. The van der Waals surface area contributed by atoms with Gasteiger partial charge in [-0.3, -0.25) is 4.90 Å². The third-order valence-corrected chi connectivity index (χ3v) is 5.91. The molecule has 162 valence electrons. The van der Waals surface area contributed by atoms with Gasteiger partial charge in [-0.15, -0.1) is 5.10 Å². The van der Waals surface area contributed by atoms with Crippen molar-refractivity contribution in [3.8, 4) is 17.2 Å². The lowest BCUT2D eigenvalue weighted by molar-refractivity contribution is 0.120. The van der Waals surface area contributed by atoms with Crippen molar-refractivity contribution in [2.75, 3.05) is 47.1 Å². The van der Waals surface area contributed by atoms with Gasteiger partial charge in [-0.2, -0.15) is 0 Å². The molecule has 0 unspecified atom stereocenters. The first-order valence-electron chi connectivity index (χ1n) is 10.4. The lowest BCUT2D eigenvalue weighted by Gasteiger charge is -2.37. The fourth-order valence-electron chi connectivity index (χ4n) is 4.20. The van der Waals surface area contributed by atoms with Crippen molar-refractivity contribution in [3.63, 3.8) is 0 Å². The van der Waals surface area contributed by atoms with Crippen LogP contribution in [0, 0.1) is 0 Å². The third kappa shape index (κ3) is 3.94. The molecule has 9 heteroatoms. The van der Waals surface area contributed by atoms with Gasteiger partial charge in [-0.05, 0) is 41.2 Å². The Morgan fingerprint density at radius 1 is 1.03 bits per heavy atom. The first kappa shape index (κ1) is 19.8. The number of nitrogens with zero attached hydrogens (tertiary/aromatic N) is 6. The normalized spacial score (nSPS) is 17.6. The second kappa shape index (κ2) is 8.52. The molecule has 1 aromatic heterocycles. The molecule has 3 heterocycles. The van der Waals surface area contributed by atoms with Crippen LogP contribution in [0.2, 0.25) is 0 Å². The van der Waals surface area contributed by atoms with E-state index < -0.39 is 0 Å². The van der Waals surface area contributed by atoms with Crippen LogP contribution in [0.5, 0.6) is 17.2 Å². The zero-order chi connectivity index (χ0) is 21.2. The van der Waals surface area contributed by atoms with Crippen LogP contribution in [0.25, 0.3) is 0 Å². The van der Waals surface area contributed by atoms with Crippen molar-refractivity contribution in [1.82, 2.24) is 30.0 Å². The van der Waals surface area contributed by atoms with Crippen molar-refractivity contribution in [2.24, 2.45) is 0 Å². The molecule has 1 saturated heterocycles. The lowest BCUT2D eigenvalue weighted by atomic mass is 10.0. The van der Waals surface area contributed by atoms with Crippen molar-refractivity contribution >= 4 is 0 Å². The maximum absolute atomic E-state index is 5.70. The van der Waals surface area contributed by atoms with Crippen LogP contribution >= 0.6 is 0 Å². The number of fused-ring (bicyclic) bond motifs is 1. The number of piperazine rings is 1. The summed E-state index contributed by atoms with van der Waals surface area (Å²) < 4.78 is 18.5. The molecular formula is C22H26N6O3. The molecule has 0 N–H and O–H groups in total. The first-order valence-corrected chi connectivity index (χ1v) is 10.4. The van der Waals surface area contributed by atoms with Gasteiger partial charge in [0.2, 0.25) is 6.79 Å². The Hall–Kier alpha value is -3.17. The molecule has 9 nitrogen and oxygen atoms in total. The van der Waals surface area contributed by atoms with E-state index in [1.165, 1.54) is 0 Å². The molecule has 0 radical (unpaired) electrons. The summed E-state index contributed by atoms with van der Waals surface area (Å²) in [5.74, 6) is 3.16. The molecule has 0 bridgehead atoms. The fraction of sp³-hybridized carbons (Fsp3) is 0.409. The van der Waals surface area contributed by atoms with Crippen molar-refractivity contribution < 1.29 is 14.2 Å². The van der Waals surface area contributed by atoms with Gasteiger partial charge in [-0.1, -0.05) is 24.3 Å². The molecule has 3 aromatic rings. The Morgan fingerprint density at radius 3 is 2.68 bits per heavy atom. The summed E-state index contributed by atoms with van der Waals surface area (Å²) in [7, 11) is 3.86. The summed E-state index contributed by atoms with van der Waals surface area (Å²) in [6.07, 6.45) is 0. The average Bonchev–Trinajstić information content (AvgIpc) is 3.45. The Bertz CT molecular complexity index is 1050. The van der Waals surface area contributed by atoms with Crippen molar-refractivity contribution in [2.45, 2.75) is 12.6 Å². The third-order valence-electron chi connectivity index (χ3n) is 5.91. The van der Waals surface area contributed by atoms with Crippen molar-refractivity contribution in [1.29, 1.82) is 0 Å². The monoisotopic (exact) mass is 422 g/mol. The van der Waals surface area contributed by atoms with Crippen LogP contribution in [0.3, 0.4) is 0 Å². The second-order valence-electron chi connectivity index (χ2n) is 7.87. The van der Waals surface area contributed by atoms with E-state index in [1.54, 1.807) is 7.11 Å². The smallest absolute Gasteiger partial charge is 0.231 e. The first-order chi connectivity index (χ1) is 15.2. The van der Waals surface area contributed by atoms with E-state index in [4.69, 9.17) is 14.2 Å². The van der Waals surface area contributed by atoms with Gasteiger partial charge in [0, 0.05) is 31.7 Å². The number of ether oxygens (including phenoxy) is 3. The zero-order valence-electron chi connectivity index (χ0n) is 17.8. The van der Waals surface area contributed by atoms with E-state index in [0.29, 0.717) is 6.54 Å². The Morgan fingerprint density at radius 2 is 1.84 bits per heavy atom. The largest absolute Gasteiger partial charge is 0.496 e. The van der Waals surface area contributed by atoms with Gasteiger partial charge in [-0.25, -0.2) is 4.68 Å². The van der Waals surface area contributed by atoms with E-state index >= 15 is 0 Å². The number of aromatic nitrogens is 4. The highest BCUT2D eigenvalue weighted by atomic mass is 16.7. The van der Waals surface area contributed by atoms with E-state index in [2.05, 4.69) is 38.4 Å². The van der Waals surface area contributed by atoms with Gasteiger partial charge in [0.05, 0.1) is 13.7 Å². The van der Waals surface area contributed by atoms with Crippen LogP contribution in [-0.2, 0) is 6.54 Å². The van der Waals surface area contributed by atoms with E-state index in [9.17, 15) is 0 Å². The molecule has 5 rings (SSSR count). The van der Waals surface area contributed by atoms with Gasteiger partial charge in [0.25, 0.3) is 0 Å². The minimum atomic E-state index is -0.103. The molecule has 0 aliphatic carbocycles. The molecule has 1 fully saturated rings. The molecule has 2 aromatic carbocycles. The number of hydrogen-bond acceptors (Lipinski definition) is 8. The minimum Gasteiger partial charge on any atom is -0.496 e. The summed E-state index contributed by atoms with van der Waals surface area (Å²) in [6, 6.07) is 13.9. The minimum absolute atomic E-state index is 0.103. The van der Waals surface area contributed by atoms with Crippen LogP contribution in [-0.4, -0.2) is 77.1 Å². The highest BCUT2D eigenvalue weighted by molar-refractivity contribution is 5.44. The zero-order valence-corrected chi connectivity index (χ0v) is 17.8. The highest BCUT2D eigenvalue weighted by Gasteiger charge is 2.32. The number of rotatable bonds is 6. The number of benzene rings is 2. The standard InChI is InChI=1S/C22H26N6O3/c1-26-9-11-27(12-10-26)21(17-5-3-4-6-18(17)29-2)22-23-24-25-28(22)14-16-7-8-19-20(13-16)31-15-30-19/h3-8,13,21H,9-12,14-15H2,1-2H3/t21-/m1/s1. The predicted octanol–water partition coefficient (Wildman–Crippen LogP) is 1.80. The quantitative estimate of drug-likeness (QED) is 0.595. The molecule has 2 aliphatic rings. The summed E-state index contributed by atoms with van der Waals surface area (Å²) >= 11 is 0. The Balaban J connectivity index is 1.51. The topological polar surface area (TPSA) is 77.8 Å². The maximum Gasteiger partial charge on any atom is 0.231 e. The van der Waals surface area contributed by atoms with Gasteiger partial charge in [0.1, 0.15) is 11.8 Å². The van der Waals surface area contributed by atoms with E-state index in [-0.39, 0.29) is 12.8 Å². The lowest BCUT2D eigenvalue weighted by Crippen LogP contribution is -2.46. The number of para-hydroxylation sites is 1. The Kier molecular flexibility index (Phi) is 5.44. The number of likely N-dealkylation sites (N-methyl/N-ethyl adjacent to an activating group) is 1. The van der Waals surface area contributed by atoms with Crippen LogP contribution in [0.1, 0.15) is 23.0 Å². The summed E-state index contributed by atoms with van der Waals surface area (Å²) in [5.41, 5.74) is 2.12. The molecule has 0 saturated carbocycles. The fourth-order valence-corrected chi connectivity index (χ4v) is 4.20. The van der Waals surface area contributed by atoms with Gasteiger partial charge < -0.3 is 19.1 Å². The average molecular weight is 422 g/mol. The SMILES string of the molecule is COc1ccccc1[C@H](c1nnnn1Cc1ccc2c(c1)OCO2)N1CCN(C)CC1. The van der Waals surface area contributed by atoms with Crippen LogP contribution in [0.15, 0.2) is 42.5 Å². The second-order valence-corrected chi connectivity index (χ2v) is 7.87. The van der Waals surface area contributed by atoms with E-state index in [0.717, 1.165) is 60.4 Å². The molecule has 0 spiro atoms. The number of methoxy groups -OCH3 is 1. The summed E-state index contributed by atoms with van der Waals surface area (Å²) in [6.45, 7) is 4.64. The molecule has 2 aliphatic heterocycles. The highest BCUT2D eigenvalue weighted by Crippen LogP contribution is 2.35. The maximum atomic E-state index is 5.70. The molecular weight excluding hydrogens is 396 g/mol. The Labute approximate surface area is 181 Å². The molecule has 0 amide bonds. The van der Waals surface area contributed by atoms with Crippen molar-refractivity contribution in [3.05, 3.63) is 59.4 Å². The van der Waals surface area contributed by atoms with Crippen LogP contribution < -0.4 is 14.2 Å². The van der Waals surface area contributed by atoms with Gasteiger partial charge in [0.15, 0.2) is 17.3 Å². The summed E-state index contributed by atoms with van der Waals surface area (Å²) in [4.78, 5) is 4.77. The van der Waals surface area contributed by atoms with E-state index in [1.807, 2.05) is 41.1 Å². The predicted molar refractivity (Wildman–Crippen MR) is 113 cm³/mol.